The van der Waals surface area contributed by atoms with Gasteiger partial charge in [0, 0.05) is 11.3 Å². The van der Waals surface area contributed by atoms with Crippen LogP contribution >= 0.6 is 0 Å². The molecule has 0 saturated heterocycles. The molecule has 0 bridgehead atoms. The third-order valence-electron chi connectivity index (χ3n) is 3.60. The largest absolute Gasteiger partial charge is 0.367 e. The monoisotopic (exact) mass is 268 g/mol. The van der Waals surface area contributed by atoms with E-state index in [4.69, 9.17) is 10.3 Å². The molecule has 0 radical (unpaired) electrons. The van der Waals surface area contributed by atoms with E-state index < -0.39 is 0 Å². The van der Waals surface area contributed by atoms with E-state index in [0.29, 0.717) is 5.88 Å². The molecule has 0 spiro atoms. The van der Waals surface area contributed by atoms with E-state index in [9.17, 15) is 0 Å². The van der Waals surface area contributed by atoms with Crippen molar-refractivity contribution < 1.29 is 4.52 Å². The lowest BCUT2D eigenvalue weighted by atomic mass is 9.98. The number of rotatable bonds is 2. The van der Waals surface area contributed by atoms with E-state index in [1.165, 1.54) is 11.1 Å². The van der Waals surface area contributed by atoms with Crippen LogP contribution in [0.5, 0.6) is 0 Å². The third kappa shape index (κ3) is 1.87. The molecule has 1 aromatic carbocycles. The zero-order valence-corrected chi connectivity index (χ0v) is 11.7. The van der Waals surface area contributed by atoms with Crippen LogP contribution in [0, 0.1) is 20.8 Å². The highest BCUT2D eigenvalue weighted by Crippen LogP contribution is 2.37. The summed E-state index contributed by atoms with van der Waals surface area (Å²) in [5.41, 5.74) is 12.8. The molecule has 0 aliphatic carbocycles. The summed E-state index contributed by atoms with van der Waals surface area (Å²) in [6, 6.07) is 6.20. The Balaban J connectivity index is 2.21. The van der Waals surface area contributed by atoms with Crippen LogP contribution in [0.15, 0.2) is 28.9 Å². The van der Waals surface area contributed by atoms with Crippen LogP contribution in [0.4, 0.5) is 5.88 Å². The first-order chi connectivity index (χ1) is 9.58. The number of anilines is 1. The number of nitrogens with zero attached hydrogens (tertiary/aromatic N) is 2. The van der Waals surface area contributed by atoms with Crippen molar-refractivity contribution in [3.05, 3.63) is 41.2 Å². The predicted molar refractivity (Wildman–Crippen MR) is 78.1 cm³/mol. The number of aryl methyl sites for hydroxylation is 3. The van der Waals surface area contributed by atoms with E-state index in [2.05, 4.69) is 41.3 Å². The van der Waals surface area contributed by atoms with E-state index in [1.807, 2.05) is 13.0 Å². The Morgan fingerprint density at radius 3 is 2.60 bits per heavy atom. The lowest BCUT2D eigenvalue weighted by molar-refractivity contribution is 0.439. The number of nitrogen functional groups attached to an aromatic ring is 1. The molecule has 20 heavy (non-hydrogen) atoms. The van der Waals surface area contributed by atoms with Crippen molar-refractivity contribution in [3.8, 4) is 22.4 Å². The Kier molecular flexibility index (Phi) is 2.82. The molecule has 2 aromatic heterocycles. The summed E-state index contributed by atoms with van der Waals surface area (Å²) < 4.78 is 5.19. The molecule has 3 N–H and O–H groups in total. The van der Waals surface area contributed by atoms with Gasteiger partial charge in [-0.25, -0.2) is 0 Å². The average Bonchev–Trinajstić information content (AvgIpc) is 2.99. The molecule has 0 fully saturated rings. The first kappa shape index (κ1) is 12.5. The summed E-state index contributed by atoms with van der Waals surface area (Å²) in [4.78, 5) is 0. The molecule has 0 aliphatic heterocycles. The molecule has 0 saturated carbocycles. The first-order valence-electron chi connectivity index (χ1n) is 6.41. The Bertz CT molecular complexity index is 770. The average molecular weight is 268 g/mol. The SMILES string of the molecule is Cc1ccc(-c2c(-c3cn[nH]c3C)noc2N)cc1C. The maximum absolute atomic E-state index is 5.96. The van der Waals surface area contributed by atoms with Gasteiger partial charge in [0.2, 0.25) is 5.88 Å². The highest BCUT2D eigenvalue weighted by atomic mass is 16.5. The van der Waals surface area contributed by atoms with Crippen molar-refractivity contribution in [2.45, 2.75) is 20.8 Å². The standard InChI is InChI=1S/C15H16N4O/c1-8-4-5-11(6-9(8)2)13-14(19-20-15(13)16)12-7-17-18-10(12)3/h4-7H,16H2,1-3H3,(H,17,18). The molecule has 102 valence electrons. The van der Waals surface area contributed by atoms with Gasteiger partial charge in [-0.15, -0.1) is 0 Å². The molecule has 3 aromatic rings. The van der Waals surface area contributed by atoms with Crippen molar-refractivity contribution in [1.29, 1.82) is 0 Å². The molecule has 0 amide bonds. The van der Waals surface area contributed by atoms with Gasteiger partial charge in [-0.3, -0.25) is 5.10 Å². The number of benzene rings is 1. The summed E-state index contributed by atoms with van der Waals surface area (Å²) in [6.45, 7) is 6.10. The Morgan fingerprint density at radius 2 is 1.95 bits per heavy atom. The van der Waals surface area contributed by atoms with Crippen molar-refractivity contribution >= 4 is 5.88 Å². The normalized spacial score (nSPS) is 10.9. The van der Waals surface area contributed by atoms with Gasteiger partial charge in [0.1, 0.15) is 5.69 Å². The van der Waals surface area contributed by atoms with Crippen molar-refractivity contribution in [2.24, 2.45) is 0 Å². The summed E-state index contributed by atoms with van der Waals surface area (Å²) in [7, 11) is 0. The Hall–Kier alpha value is -2.56. The number of aromatic amines is 1. The lowest BCUT2D eigenvalue weighted by Crippen LogP contribution is -1.90. The van der Waals surface area contributed by atoms with Crippen LogP contribution in [-0.2, 0) is 0 Å². The summed E-state index contributed by atoms with van der Waals surface area (Å²) in [5, 5.41) is 11.0. The van der Waals surface area contributed by atoms with Gasteiger partial charge in [-0.2, -0.15) is 5.10 Å². The van der Waals surface area contributed by atoms with Crippen LogP contribution in [0.25, 0.3) is 22.4 Å². The van der Waals surface area contributed by atoms with Crippen LogP contribution in [0.2, 0.25) is 0 Å². The van der Waals surface area contributed by atoms with E-state index in [-0.39, 0.29) is 0 Å². The van der Waals surface area contributed by atoms with E-state index in [0.717, 1.165) is 28.1 Å². The van der Waals surface area contributed by atoms with Crippen molar-refractivity contribution in [2.75, 3.05) is 5.73 Å². The number of aromatic nitrogens is 3. The van der Waals surface area contributed by atoms with E-state index in [1.54, 1.807) is 6.20 Å². The van der Waals surface area contributed by atoms with Gasteiger partial charge in [0.05, 0.1) is 11.8 Å². The van der Waals surface area contributed by atoms with Crippen LogP contribution < -0.4 is 5.73 Å². The van der Waals surface area contributed by atoms with Gasteiger partial charge in [-0.05, 0) is 37.5 Å². The summed E-state index contributed by atoms with van der Waals surface area (Å²) in [5.74, 6) is 0.323. The fraction of sp³-hybridized carbons (Fsp3) is 0.200. The smallest absolute Gasteiger partial charge is 0.230 e. The molecule has 0 atom stereocenters. The van der Waals surface area contributed by atoms with Gasteiger partial charge in [0.25, 0.3) is 0 Å². The minimum atomic E-state index is 0.323. The number of nitrogens with two attached hydrogens (primary N) is 1. The van der Waals surface area contributed by atoms with Crippen molar-refractivity contribution in [1.82, 2.24) is 15.4 Å². The maximum atomic E-state index is 5.96. The number of hydrogen-bond acceptors (Lipinski definition) is 4. The second kappa shape index (κ2) is 4.52. The molecule has 5 nitrogen and oxygen atoms in total. The minimum absolute atomic E-state index is 0.323. The molecular formula is C15H16N4O. The maximum Gasteiger partial charge on any atom is 0.230 e. The Labute approximate surface area is 116 Å². The summed E-state index contributed by atoms with van der Waals surface area (Å²) >= 11 is 0. The van der Waals surface area contributed by atoms with Gasteiger partial charge >= 0.3 is 0 Å². The van der Waals surface area contributed by atoms with Gasteiger partial charge in [0.15, 0.2) is 0 Å². The molecule has 0 unspecified atom stereocenters. The zero-order chi connectivity index (χ0) is 14.3. The topological polar surface area (TPSA) is 80.7 Å². The quantitative estimate of drug-likeness (QED) is 0.747. The fourth-order valence-electron chi connectivity index (χ4n) is 2.25. The number of H-pyrrole nitrogens is 1. The van der Waals surface area contributed by atoms with Crippen LogP contribution in [0.1, 0.15) is 16.8 Å². The van der Waals surface area contributed by atoms with Crippen LogP contribution in [-0.4, -0.2) is 15.4 Å². The van der Waals surface area contributed by atoms with Gasteiger partial charge in [-0.1, -0.05) is 23.4 Å². The highest BCUT2D eigenvalue weighted by molar-refractivity contribution is 5.87. The third-order valence-corrected chi connectivity index (χ3v) is 3.60. The molecule has 2 heterocycles. The Morgan fingerprint density at radius 1 is 1.15 bits per heavy atom. The van der Waals surface area contributed by atoms with Gasteiger partial charge < -0.3 is 10.3 Å². The number of hydrogen-bond donors (Lipinski definition) is 2. The second-order valence-electron chi connectivity index (χ2n) is 4.98. The van der Waals surface area contributed by atoms with Crippen molar-refractivity contribution in [3.63, 3.8) is 0 Å². The second-order valence-corrected chi connectivity index (χ2v) is 4.98. The van der Waals surface area contributed by atoms with Crippen LogP contribution in [0.3, 0.4) is 0 Å². The first-order valence-corrected chi connectivity index (χ1v) is 6.41. The molecule has 5 heteroatoms. The molecular weight excluding hydrogens is 252 g/mol. The molecule has 0 aliphatic rings. The van der Waals surface area contributed by atoms with E-state index >= 15 is 0 Å². The predicted octanol–water partition coefficient (Wildman–Crippen LogP) is 3.24. The lowest BCUT2D eigenvalue weighted by Gasteiger charge is -2.05. The highest BCUT2D eigenvalue weighted by Gasteiger charge is 2.20. The number of nitrogens with one attached hydrogen (secondary N) is 1. The minimum Gasteiger partial charge on any atom is -0.367 e. The molecule has 3 rings (SSSR count). The summed E-state index contributed by atoms with van der Waals surface area (Å²) in [6.07, 6.45) is 1.73. The fourth-order valence-corrected chi connectivity index (χ4v) is 2.25. The zero-order valence-electron chi connectivity index (χ0n) is 11.7.